The average molecular weight is 305 g/mol. The molecule has 0 atom stereocenters. The van der Waals surface area contributed by atoms with Crippen molar-refractivity contribution in [3.05, 3.63) is 29.3 Å². The van der Waals surface area contributed by atoms with Crippen molar-refractivity contribution in [3.8, 4) is 0 Å². The average Bonchev–Trinajstić information content (AvgIpc) is 3.30. The molecule has 5 heteroatoms. The molecule has 1 amide bonds. The number of methoxy groups -OCH3 is 2. The van der Waals surface area contributed by atoms with Crippen molar-refractivity contribution in [3.63, 3.8) is 0 Å². The molecule has 2 rings (SSSR count). The second kappa shape index (κ2) is 6.48. The molecule has 1 aromatic rings. The van der Waals surface area contributed by atoms with Crippen LogP contribution in [0.2, 0.25) is 0 Å². The molecular formula is C17H23NO4. The third kappa shape index (κ3) is 2.73. The predicted octanol–water partition coefficient (Wildman–Crippen LogP) is 2.24. The maximum Gasteiger partial charge on any atom is 0.332 e. The maximum atomic E-state index is 12.7. The number of amides is 1. The summed E-state index contributed by atoms with van der Waals surface area (Å²) < 4.78 is 9.96. The van der Waals surface area contributed by atoms with Crippen LogP contribution in [0.3, 0.4) is 0 Å². The summed E-state index contributed by atoms with van der Waals surface area (Å²) in [6, 6.07) is 5.91. The number of benzene rings is 1. The van der Waals surface area contributed by atoms with Crippen LogP contribution in [0.4, 0.5) is 5.69 Å². The maximum absolute atomic E-state index is 12.7. The number of carbonyl (C=O) groups is 2. The fourth-order valence-electron chi connectivity index (χ4n) is 2.92. The largest absolute Gasteiger partial charge is 0.467 e. The summed E-state index contributed by atoms with van der Waals surface area (Å²) in [6.45, 7) is 3.93. The number of rotatable bonds is 6. The van der Waals surface area contributed by atoms with E-state index in [0.29, 0.717) is 12.8 Å². The van der Waals surface area contributed by atoms with Gasteiger partial charge in [0.25, 0.3) is 5.91 Å². The van der Waals surface area contributed by atoms with Crippen LogP contribution >= 0.6 is 0 Å². The van der Waals surface area contributed by atoms with Crippen LogP contribution in [0.15, 0.2) is 18.2 Å². The Morgan fingerprint density at radius 2 is 1.95 bits per heavy atom. The molecule has 0 N–H and O–H groups in total. The van der Waals surface area contributed by atoms with E-state index in [4.69, 9.17) is 9.47 Å². The van der Waals surface area contributed by atoms with Gasteiger partial charge in [-0.15, -0.1) is 0 Å². The molecule has 0 spiro atoms. The summed E-state index contributed by atoms with van der Waals surface area (Å²) in [5, 5.41) is 0. The molecule has 0 saturated heterocycles. The van der Waals surface area contributed by atoms with Crippen LogP contribution in [0.1, 0.15) is 30.9 Å². The third-order valence-electron chi connectivity index (χ3n) is 4.16. The molecule has 1 saturated carbocycles. The fraction of sp³-hybridized carbons (Fsp3) is 0.529. The number of hydrogen-bond donors (Lipinski definition) is 0. The number of ether oxygens (including phenoxy) is 2. The van der Waals surface area contributed by atoms with Crippen molar-refractivity contribution in [1.29, 1.82) is 0 Å². The molecular weight excluding hydrogens is 282 g/mol. The molecule has 1 fully saturated rings. The number of esters is 1. The number of aryl methyl sites for hydroxylation is 2. The zero-order chi connectivity index (χ0) is 16.3. The summed E-state index contributed by atoms with van der Waals surface area (Å²) in [6.07, 6.45) is 2.02. The van der Waals surface area contributed by atoms with E-state index in [2.05, 4.69) is 0 Å². The van der Waals surface area contributed by atoms with E-state index >= 15 is 0 Å². The second-order valence-electron chi connectivity index (χ2n) is 5.62. The van der Waals surface area contributed by atoms with Gasteiger partial charge >= 0.3 is 5.97 Å². The Morgan fingerprint density at radius 3 is 2.45 bits per heavy atom. The molecule has 5 nitrogen and oxygen atoms in total. The number of para-hydroxylation sites is 1. The Kier molecular flexibility index (Phi) is 4.86. The molecule has 1 aliphatic rings. The Balaban J connectivity index is 2.56. The molecule has 0 heterocycles. The molecule has 1 aliphatic carbocycles. The van der Waals surface area contributed by atoms with Crippen molar-refractivity contribution >= 4 is 17.6 Å². The monoisotopic (exact) mass is 305 g/mol. The zero-order valence-electron chi connectivity index (χ0n) is 13.6. The van der Waals surface area contributed by atoms with Gasteiger partial charge in [-0.05, 0) is 37.3 Å². The van der Waals surface area contributed by atoms with E-state index in [1.807, 2.05) is 32.0 Å². The highest BCUT2D eigenvalue weighted by Gasteiger charge is 2.58. The van der Waals surface area contributed by atoms with Gasteiger partial charge in [0.2, 0.25) is 0 Å². The second-order valence-corrected chi connectivity index (χ2v) is 5.62. The van der Waals surface area contributed by atoms with Gasteiger partial charge < -0.3 is 9.47 Å². The molecule has 0 aliphatic heterocycles. The van der Waals surface area contributed by atoms with Gasteiger partial charge in [0.1, 0.15) is 12.1 Å². The summed E-state index contributed by atoms with van der Waals surface area (Å²) >= 11 is 0. The van der Waals surface area contributed by atoms with Gasteiger partial charge in [-0.25, -0.2) is 4.79 Å². The first-order valence-corrected chi connectivity index (χ1v) is 7.50. The lowest BCUT2D eigenvalue weighted by molar-refractivity contribution is -0.145. The standard InChI is InChI=1S/C17H23NO4/c1-5-13-8-6-7-12(2)15(13)18(14(19)11-21-3)17(9-10-17)16(20)22-4/h6-8H,5,9-11H2,1-4H3. The first-order chi connectivity index (χ1) is 10.5. The highest BCUT2D eigenvalue weighted by atomic mass is 16.5. The van der Waals surface area contributed by atoms with Gasteiger partial charge in [0.15, 0.2) is 0 Å². The minimum absolute atomic E-state index is 0.0593. The van der Waals surface area contributed by atoms with E-state index < -0.39 is 5.54 Å². The van der Waals surface area contributed by atoms with E-state index in [9.17, 15) is 9.59 Å². The molecule has 0 aromatic heterocycles. The van der Waals surface area contributed by atoms with Crippen molar-refractivity contribution < 1.29 is 19.1 Å². The molecule has 0 bridgehead atoms. The van der Waals surface area contributed by atoms with Crippen molar-refractivity contribution in [2.45, 2.75) is 38.6 Å². The number of hydrogen-bond acceptors (Lipinski definition) is 4. The molecule has 0 radical (unpaired) electrons. The van der Waals surface area contributed by atoms with E-state index in [0.717, 1.165) is 23.2 Å². The van der Waals surface area contributed by atoms with Gasteiger partial charge in [-0.3, -0.25) is 9.69 Å². The van der Waals surface area contributed by atoms with Crippen molar-refractivity contribution in [2.75, 3.05) is 25.7 Å². The normalized spacial score (nSPS) is 15.3. The summed E-state index contributed by atoms with van der Waals surface area (Å²) in [5.41, 5.74) is 1.95. The lowest BCUT2D eigenvalue weighted by Gasteiger charge is -2.33. The quantitative estimate of drug-likeness (QED) is 0.756. The Hall–Kier alpha value is -1.88. The summed E-state index contributed by atoms with van der Waals surface area (Å²) in [7, 11) is 2.84. The van der Waals surface area contributed by atoms with Crippen molar-refractivity contribution in [1.82, 2.24) is 0 Å². The van der Waals surface area contributed by atoms with E-state index in [1.54, 1.807) is 4.90 Å². The SMILES string of the molecule is CCc1cccc(C)c1N(C(=O)COC)C1(C(=O)OC)CC1. The van der Waals surface area contributed by atoms with Crippen LogP contribution in [-0.4, -0.2) is 38.2 Å². The van der Waals surface area contributed by atoms with Crippen LogP contribution in [0.5, 0.6) is 0 Å². The minimum atomic E-state index is -0.875. The number of carbonyl (C=O) groups excluding carboxylic acids is 2. The first kappa shape index (κ1) is 16.5. The lowest BCUT2D eigenvalue weighted by atomic mass is 10.0. The van der Waals surface area contributed by atoms with Gasteiger partial charge in [0, 0.05) is 7.11 Å². The third-order valence-corrected chi connectivity index (χ3v) is 4.16. The van der Waals surface area contributed by atoms with E-state index in [-0.39, 0.29) is 18.5 Å². The number of nitrogens with zero attached hydrogens (tertiary/aromatic N) is 1. The topological polar surface area (TPSA) is 55.8 Å². The highest BCUT2D eigenvalue weighted by molar-refractivity contribution is 6.05. The molecule has 0 unspecified atom stereocenters. The van der Waals surface area contributed by atoms with Crippen LogP contribution in [0, 0.1) is 6.92 Å². The Labute approximate surface area is 131 Å². The Bertz CT molecular complexity index is 578. The van der Waals surface area contributed by atoms with Gasteiger partial charge in [-0.2, -0.15) is 0 Å². The number of anilines is 1. The molecule has 120 valence electrons. The van der Waals surface area contributed by atoms with Crippen molar-refractivity contribution in [2.24, 2.45) is 0 Å². The van der Waals surface area contributed by atoms with Gasteiger partial charge in [0.05, 0.1) is 12.8 Å². The summed E-state index contributed by atoms with van der Waals surface area (Å²) in [5.74, 6) is -0.573. The van der Waals surface area contributed by atoms with Gasteiger partial charge in [-0.1, -0.05) is 25.1 Å². The Morgan fingerprint density at radius 1 is 1.27 bits per heavy atom. The highest BCUT2D eigenvalue weighted by Crippen LogP contribution is 2.47. The van der Waals surface area contributed by atoms with E-state index in [1.165, 1.54) is 14.2 Å². The predicted molar refractivity (Wildman–Crippen MR) is 83.9 cm³/mol. The minimum Gasteiger partial charge on any atom is -0.467 e. The summed E-state index contributed by atoms with van der Waals surface area (Å²) in [4.78, 5) is 26.5. The first-order valence-electron chi connectivity index (χ1n) is 7.50. The molecule has 22 heavy (non-hydrogen) atoms. The van der Waals surface area contributed by atoms with Crippen LogP contribution < -0.4 is 4.90 Å². The fourth-order valence-corrected chi connectivity index (χ4v) is 2.92. The molecule has 1 aromatic carbocycles. The van der Waals surface area contributed by atoms with Crippen LogP contribution in [0.25, 0.3) is 0 Å². The van der Waals surface area contributed by atoms with Crippen LogP contribution in [-0.2, 0) is 25.5 Å². The smallest absolute Gasteiger partial charge is 0.332 e. The lowest BCUT2D eigenvalue weighted by Crippen LogP contribution is -2.50. The zero-order valence-corrected chi connectivity index (χ0v) is 13.6.